The predicted octanol–water partition coefficient (Wildman–Crippen LogP) is 7.90. The first-order valence-electron chi connectivity index (χ1n) is 15.4. The maximum atomic E-state index is 12.3. The Kier molecular flexibility index (Phi) is 24.7. The van der Waals surface area contributed by atoms with Crippen LogP contribution in [0.5, 0.6) is 0 Å². The number of aliphatic hydroxyl groups excluding tert-OH is 1. The molecule has 0 aromatic carbocycles. The van der Waals surface area contributed by atoms with Crippen LogP contribution in [0.15, 0.2) is 12.2 Å². The molecule has 0 radical (unpaired) electrons. The fourth-order valence-electron chi connectivity index (χ4n) is 4.62. The monoisotopic (exact) mass is 545 g/mol. The average Bonchev–Trinajstić information content (AvgIpc) is 2.84. The Morgan fingerprint density at radius 3 is 1.54 bits per heavy atom. The van der Waals surface area contributed by atoms with Gasteiger partial charge in [-0.3, -0.25) is 9.35 Å². The third kappa shape index (κ3) is 26.5. The fourth-order valence-corrected chi connectivity index (χ4v) is 5.36. The number of carbonyl (C=O) groups excluding carboxylic acids is 1. The maximum absolute atomic E-state index is 12.3. The van der Waals surface area contributed by atoms with Crippen LogP contribution >= 0.6 is 0 Å². The minimum atomic E-state index is -4.32. The van der Waals surface area contributed by atoms with Crippen molar-refractivity contribution in [2.75, 3.05) is 5.75 Å². The van der Waals surface area contributed by atoms with Gasteiger partial charge in [0.1, 0.15) is 0 Å². The SMILES string of the molecule is CCCCCCCCCCCCCC/C=C/C(O)C(CS(=O)(=O)O)NC(=O)CCCCCCCCCC. The van der Waals surface area contributed by atoms with Crippen molar-refractivity contribution < 1.29 is 22.9 Å². The van der Waals surface area contributed by atoms with Crippen LogP contribution < -0.4 is 5.32 Å². The first-order chi connectivity index (χ1) is 17.8. The molecule has 0 saturated carbocycles. The Hall–Kier alpha value is -0.920. The third-order valence-corrected chi connectivity index (χ3v) is 7.74. The molecule has 0 spiro atoms. The van der Waals surface area contributed by atoms with Crippen LogP contribution in [0.4, 0.5) is 0 Å². The molecule has 6 nitrogen and oxygen atoms in total. The minimum absolute atomic E-state index is 0.284. The summed E-state index contributed by atoms with van der Waals surface area (Å²) in [5.74, 6) is -0.978. The van der Waals surface area contributed by atoms with Gasteiger partial charge >= 0.3 is 0 Å². The number of allylic oxidation sites excluding steroid dienone is 1. The van der Waals surface area contributed by atoms with Crippen molar-refractivity contribution in [3.63, 3.8) is 0 Å². The standard InChI is InChI=1S/C30H59NO5S/c1-3-5-7-9-11-13-14-15-16-17-18-19-21-23-25-29(32)28(27-37(34,35)36)31-30(33)26-24-22-20-12-10-8-6-4-2/h23,25,28-29,32H,3-22,24,26-27H2,1-2H3,(H,31,33)(H,34,35,36)/b25-23+. The molecular weight excluding hydrogens is 486 g/mol. The van der Waals surface area contributed by atoms with Crippen molar-refractivity contribution in [1.82, 2.24) is 5.32 Å². The quantitative estimate of drug-likeness (QED) is 0.0553. The topological polar surface area (TPSA) is 104 Å². The molecule has 0 saturated heterocycles. The van der Waals surface area contributed by atoms with Gasteiger partial charge in [-0.1, -0.05) is 142 Å². The van der Waals surface area contributed by atoms with E-state index in [0.717, 1.165) is 38.5 Å². The second-order valence-electron chi connectivity index (χ2n) is 10.7. The van der Waals surface area contributed by atoms with Crippen LogP contribution in [0, 0.1) is 0 Å². The Morgan fingerprint density at radius 2 is 1.11 bits per heavy atom. The predicted molar refractivity (Wildman–Crippen MR) is 156 cm³/mol. The maximum Gasteiger partial charge on any atom is 0.267 e. The molecular formula is C30H59NO5S. The number of nitrogens with one attached hydrogen (secondary N) is 1. The lowest BCUT2D eigenvalue weighted by molar-refractivity contribution is -0.122. The van der Waals surface area contributed by atoms with Crippen LogP contribution in [0.25, 0.3) is 0 Å². The summed E-state index contributed by atoms with van der Waals surface area (Å²) in [4.78, 5) is 12.3. The number of carbonyl (C=O) groups is 1. The van der Waals surface area contributed by atoms with Crippen molar-refractivity contribution in [3.8, 4) is 0 Å². The fraction of sp³-hybridized carbons (Fsp3) is 0.900. The van der Waals surface area contributed by atoms with E-state index in [4.69, 9.17) is 0 Å². The third-order valence-electron chi connectivity index (χ3n) is 6.96. The van der Waals surface area contributed by atoms with Gasteiger partial charge in [0.25, 0.3) is 10.1 Å². The van der Waals surface area contributed by atoms with E-state index in [0.29, 0.717) is 6.42 Å². The molecule has 0 fully saturated rings. The lowest BCUT2D eigenvalue weighted by Crippen LogP contribution is -2.46. The number of aliphatic hydroxyl groups is 1. The van der Waals surface area contributed by atoms with Crippen molar-refractivity contribution >= 4 is 16.0 Å². The summed E-state index contributed by atoms with van der Waals surface area (Å²) >= 11 is 0. The molecule has 0 aromatic heterocycles. The molecule has 37 heavy (non-hydrogen) atoms. The van der Waals surface area contributed by atoms with Gasteiger partial charge in [-0.25, -0.2) is 0 Å². The molecule has 0 rings (SSSR count). The number of amides is 1. The Morgan fingerprint density at radius 1 is 0.703 bits per heavy atom. The highest BCUT2D eigenvalue weighted by atomic mass is 32.2. The molecule has 0 heterocycles. The number of rotatable bonds is 27. The first-order valence-corrected chi connectivity index (χ1v) is 17.0. The van der Waals surface area contributed by atoms with Gasteiger partial charge in [0.15, 0.2) is 0 Å². The molecule has 0 aliphatic heterocycles. The van der Waals surface area contributed by atoms with Gasteiger partial charge in [-0.2, -0.15) is 8.42 Å². The second kappa shape index (κ2) is 25.4. The number of hydrogen-bond donors (Lipinski definition) is 3. The van der Waals surface area contributed by atoms with Gasteiger partial charge in [0.2, 0.25) is 5.91 Å². The zero-order chi connectivity index (χ0) is 27.6. The van der Waals surface area contributed by atoms with E-state index in [9.17, 15) is 22.9 Å². The van der Waals surface area contributed by atoms with Crippen molar-refractivity contribution in [1.29, 1.82) is 0 Å². The summed E-state index contributed by atoms with van der Waals surface area (Å²) in [5, 5.41) is 13.1. The van der Waals surface area contributed by atoms with E-state index >= 15 is 0 Å². The normalized spacial score (nSPS) is 13.7. The number of unbranched alkanes of at least 4 members (excludes halogenated alkanes) is 19. The van der Waals surface area contributed by atoms with Crippen molar-refractivity contribution in [2.24, 2.45) is 0 Å². The highest BCUT2D eigenvalue weighted by Crippen LogP contribution is 2.13. The summed E-state index contributed by atoms with van der Waals surface area (Å²) in [6.45, 7) is 4.44. The molecule has 0 aliphatic carbocycles. The Labute approximate surface area is 229 Å². The van der Waals surface area contributed by atoms with Gasteiger partial charge in [-0.15, -0.1) is 0 Å². The van der Waals surface area contributed by atoms with Crippen LogP contribution in [0.1, 0.15) is 155 Å². The number of hydrogen-bond acceptors (Lipinski definition) is 4. The lowest BCUT2D eigenvalue weighted by atomic mass is 10.0. The molecule has 0 aromatic rings. The zero-order valence-electron chi connectivity index (χ0n) is 24.1. The summed E-state index contributed by atoms with van der Waals surface area (Å²) in [7, 11) is -4.32. The molecule has 0 aliphatic rings. The van der Waals surface area contributed by atoms with Gasteiger partial charge in [0, 0.05) is 6.42 Å². The van der Waals surface area contributed by atoms with Crippen LogP contribution in [0.3, 0.4) is 0 Å². The van der Waals surface area contributed by atoms with Crippen LogP contribution in [0.2, 0.25) is 0 Å². The first kappa shape index (κ1) is 36.1. The lowest BCUT2D eigenvalue weighted by Gasteiger charge is -2.21. The largest absolute Gasteiger partial charge is 0.387 e. The molecule has 2 unspecified atom stereocenters. The van der Waals surface area contributed by atoms with E-state index in [2.05, 4.69) is 19.2 Å². The van der Waals surface area contributed by atoms with Crippen LogP contribution in [-0.2, 0) is 14.9 Å². The molecule has 7 heteroatoms. The second-order valence-corrected chi connectivity index (χ2v) is 12.2. The van der Waals surface area contributed by atoms with Gasteiger partial charge in [-0.05, 0) is 19.3 Å². The van der Waals surface area contributed by atoms with Crippen LogP contribution in [-0.4, -0.2) is 41.9 Å². The van der Waals surface area contributed by atoms with E-state index in [1.807, 2.05) is 6.08 Å². The molecule has 0 bridgehead atoms. The summed E-state index contributed by atoms with van der Waals surface area (Å²) in [6, 6.07) is -1.05. The summed E-state index contributed by atoms with van der Waals surface area (Å²) < 4.78 is 32.1. The smallest absolute Gasteiger partial charge is 0.267 e. The average molecular weight is 546 g/mol. The Balaban J connectivity index is 4.07. The van der Waals surface area contributed by atoms with E-state index < -0.39 is 28.0 Å². The van der Waals surface area contributed by atoms with E-state index in [1.54, 1.807) is 6.08 Å². The minimum Gasteiger partial charge on any atom is -0.387 e. The van der Waals surface area contributed by atoms with Gasteiger partial charge < -0.3 is 10.4 Å². The van der Waals surface area contributed by atoms with Gasteiger partial charge in [0.05, 0.1) is 17.9 Å². The van der Waals surface area contributed by atoms with Crippen molar-refractivity contribution in [3.05, 3.63) is 12.2 Å². The summed E-state index contributed by atoms with van der Waals surface area (Å²) in [6.07, 6.45) is 27.7. The highest BCUT2D eigenvalue weighted by molar-refractivity contribution is 7.85. The zero-order valence-corrected chi connectivity index (χ0v) is 24.9. The Bertz CT molecular complexity index is 650. The van der Waals surface area contributed by atoms with Crippen molar-refractivity contribution in [2.45, 2.75) is 167 Å². The summed E-state index contributed by atoms with van der Waals surface area (Å²) in [5.41, 5.74) is 0. The molecule has 2 atom stereocenters. The van der Waals surface area contributed by atoms with E-state index in [-0.39, 0.29) is 5.91 Å². The molecule has 3 N–H and O–H groups in total. The van der Waals surface area contributed by atoms with E-state index in [1.165, 1.54) is 96.3 Å². The highest BCUT2D eigenvalue weighted by Gasteiger charge is 2.24. The molecule has 220 valence electrons. The molecule has 1 amide bonds.